The van der Waals surface area contributed by atoms with Gasteiger partial charge in [0.15, 0.2) is 6.10 Å². The minimum absolute atomic E-state index is 0.289. The molecule has 0 unspecified atom stereocenters. The number of benzene rings is 2. The van der Waals surface area contributed by atoms with E-state index in [0.717, 1.165) is 0 Å². The number of hydrogen-bond acceptors (Lipinski definition) is 2. The van der Waals surface area contributed by atoms with Gasteiger partial charge in [-0.05, 0) is 25.1 Å². The molecule has 0 aliphatic heterocycles. The Labute approximate surface area is 137 Å². The first-order valence-electron chi connectivity index (χ1n) is 6.14. The van der Waals surface area contributed by atoms with Crippen LogP contribution in [0.25, 0.3) is 0 Å². The van der Waals surface area contributed by atoms with Gasteiger partial charge in [-0.2, -0.15) is 0 Å². The Bertz CT molecular complexity index is 647. The third-order valence-electron chi connectivity index (χ3n) is 2.69. The number of rotatable bonds is 4. The second-order valence-corrected chi connectivity index (χ2v) is 5.53. The molecule has 2 aromatic carbocycles. The Morgan fingerprint density at radius 1 is 1.05 bits per heavy atom. The zero-order valence-corrected chi connectivity index (χ0v) is 13.3. The van der Waals surface area contributed by atoms with Crippen molar-refractivity contribution in [3.05, 3.63) is 57.5 Å². The Morgan fingerprint density at radius 2 is 1.67 bits per heavy atom. The van der Waals surface area contributed by atoms with Crippen LogP contribution in [0.4, 0.5) is 5.69 Å². The molecule has 0 saturated heterocycles. The highest BCUT2D eigenvalue weighted by atomic mass is 35.5. The number of carbonyl (C=O) groups is 1. The standard InChI is InChI=1S/C15H12Cl3NO2/c1-9(15(20)19-10-5-3-2-4-6-10)21-14-8-12(17)11(16)7-13(14)18/h2-9H,1H3,(H,19,20)/t9-/m1/s1. The summed E-state index contributed by atoms with van der Waals surface area (Å²) in [7, 11) is 0. The van der Waals surface area contributed by atoms with Gasteiger partial charge in [0.2, 0.25) is 0 Å². The van der Waals surface area contributed by atoms with Gasteiger partial charge in [0.05, 0.1) is 15.1 Å². The summed E-state index contributed by atoms with van der Waals surface area (Å²) >= 11 is 17.8. The fourth-order valence-corrected chi connectivity index (χ4v) is 2.19. The molecule has 0 fully saturated rings. The molecule has 1 N–H and O–H groups in total. The van der Waals surface area contributed by atoms with E-state index in [9.17, 15) is 4.79 Å². The number of hydrogen-bond donors (Lipinski definition) is 1. The van der Waals surface area contributed by atoms with Crippen molar-refractivity contribution < 1.29 is 9.53 Å². The Balaban J connectivity index is 2.06. The summed E-state index contributed by atoms with van der Waals surface area (Å²) in [6.07, 6.45) is -0.736. The van der Waals surface area contributed by atoms with E-state index < -0.39 is 6.10 Å². The summed E-state index contributed by atoms with van der Waals surface area (Å²) in [6, 6.07) is 12.1. The van der Waals surface area contributed by atoms with Gasteiger partial charge in [-0.1, -0.05) is 53.0 Å². The molecule has 0 radical (unpaired) electrons. The van der Waals surface area contributed by atoms with Crippen LogP contribution in [0.1, 0.15) is 6.92 Å². The normalized spacial score (nSPS) is 11.8. The highest BCUT2D eigenvalue weighted by molar-refractivity contribution is 6.43. The van der Waals surface area contributed by atoms with Gasteiger partial charge in [-0.25, -0.2) is 0 Å². The number of amides is 1. The minimum Gasteiger partial charge on any atom is -0.479 e. The fourth-order valence-electron chi connectivity index (χ4n) is 1.60. The number of ether oxygens (including phenoxy) is 1. The quantitative estimate of drug-likeness (QED) is 0.788. The first-order valence-corrected chi connectivity index (χ1v) is 7.28. The van der Waals surface area contributed by atoms with E-state index in [1.165, 1.54) is 12.1 Å². The van der Waals surface area contributed by atoms with Gasteiger partial charge in [-0.3, -0.25) is 4.79 Å². The lowest BCUT2D eigenvalue weighted by Crippen LogP contribution is -2.30. The van der Waals surface area contributed by atoms with Gasteiger partial charge in [0.25, 0.3) is 5.91 Å². The SMILES string of the molecule is C[C@@H](Oc1cc(Cl)c(Cl)cc1Cl)C(=O)Nc1ccccc1. The second-order valence-electron chi connectivity index (χ2n) is 4.31. The number of carbonyl (C=O) groups excluding carboxylic acids is 1. The molecular weight excluding hydrogens is 333 g/mol. The van der Waals surface area contributed by atoms with Gasteiger partial charge in [0, 0.05) is 11.8 Å². The molecule has 0 heterocycles. The van der Waals surface area contributed by atoms with Crippen LogP contribution in [-0.2, 0) is 4.79 Å². The monoisotopic (exact) mass is 343 g/mol. The Kier molecular flexibility index (Phi) is 5.34. The van der Waals surface area contributed by atoms with Crippen LogP contribution < -0.4 is 10.1 Å². The summed E-state index contributed by atoms with van der Waals surface area (Å²) in [5.74, 6) is 0.0186. The molecule has 0 aromatic heterocycles. The van der Waals surface area contributed by atoms with E-state index in [-0.39, 0.29) is 5.91 Å². The smallest absolute Gasteiger partial charge is 0.265 e. The molecule has 6 heteroatoms. The van der Waals surface area contributed by atoms with Crippen molar-refractivity contribution in [1.82, 2.24) is 0 Å². The molecule has 1 atom stereocenters. The summed E-state index contributed by atoms with van der Waals surface area (Å²) in [5, 5.41) is 3.68. The maximum Gasteiger partial charge on any atom is 0.265 e. The molecule has 0 aliphatic rings. The van der Waals surface area contributed by atoms with E-state index in [2.05, 4.69) is 5.32 Å². The number of para-hydroxylation sites is 1. The highest BCUT2D eigenvalue weighted by Crippen LogP contribution is 2.34. The molecule has 21 heavy (non-hydrogen) atoms. The summed E-state index contributed by atoms with van der Waals surface area (Å²) < 4.78 is 5.53. The van der Waals surface area contributed by atoms with Gasteiger partial charge < -0.3 is 10.1 Å². The van der Waals surface area contributed by atoms with Crippen molar-refractivity contribution in [2.45, 2.75) is 13.0 Å². The third kappa shape index (κ3) is 4.27. The zero-order chi connectivity index (χ0) is 15.4. The third-order valence-corrected chi connectivity index (χ3v) is 3.71. The van der Waals surface area contributed by atoms with Crippen molar-refractivity contribution in [2.24, 2.45) is 0 Å². The lowest BCUT2D eigenvalue weighted by atomic mass is 10.3. The first kappa shape index (κ1) is 16.0. The number of nitrogens with one attached hydrogen (secondary N) is 1. The predicted octanol–water partition coefficient (Wildman–Crippen LogP) is 5.05. The summed E-state index contributed by atoms with van der Waals surface area (Å²) in [4.78, 5) is 12.0. The van der Waals surface area contributed by atoms with Crippen molar-refractivity contribution in [1.29, 1.82) is 0 Å². The molecule has 2 aromatic rings. The maximum absolute atomic E-state index is 12.0. The van der Waals surface area contributed by atoms with Gasteiger partial charge in [-0.15, -0.1) is 0 Å². The van der Waals surface area contributed by atoms with Crippen molar-refractivity contribution in [3.8, 4) is 5.75 Å². The molecule has 0 spiro atoms. The lowest BCUT2D eigenvalue weighted by molar-refractivity contribution is -0.122. The predicted molar refractivity (Wildman–Crippen MR) is 86.6 cm³/mol. The van der Waals surface area contributed by atoms with Crippen LogP contribution in [0.15, 0.2) is 42.5 Å². The van der Waals surface area contributed by atoms with Crippen LogP contribution in [0.3, 0.4) is 0 Å². The van der Waals surface area contributed by atoms with Crippen LogP contribution in [0.2, 0.25) is 15.1 Å². The van der Waals surface area contributed by atoms with E-state index >= 15 is 0 Å². The largest absolute Gasteiger partial charge is 0.479 e. The molecular formula is C15H12Cl3NO2. The average Bonchev–Trinajstić information content (AvgIpc) is 2.45. The first-order chi connectivity index (χ1) is 9.97. The number of halogens is 3. The summed E-state index contributed by atoms with van der Waals surface area (Å²) in [6.45, 7) is 1.62. The zero-order valence-electron chi connectivity index (χ0n) is 11.1. The van der Waals surface area contributed by atoms with Crippen molar-refractivity contribution in [3.63, 3.8) is 0 Å². The molecule has 3 nitrogen and oxygen atoms in total. The Morgan fingerprint density at radius 3 is 2.33 bits per heavy atom. The van der Waals surface area contributed by atoms with Crippen LogP contribution in [0, 0.1) is 0 Å². The Hall–Kier alpha value is -1.42. The molecule has 110 valence electrons. The fraction of sp³-hybridized carbons (Fsp3) is 0.133. The van der Waals surface area contributed by atoms with Gasteiger partial charge >= 0.3 is 0 Å². The topological polar surface area (TPSA) is 38.3 Å². The molecule has 0 saturated carbocycles. The average molecular weight is 345 g/mol. The van der Waals surface area contributed by atoms with Crippen LogP contribution >= 0.6 is 34.8 Å². The van der Waals surface area contributed by atoms with E-state index in [0.29, 0.717) is 26.5 Å². The molecule has 2 rings (SSSR count). The van der Waals surface area contributed by atoms with E-state index in [1.807, 2.05) is 18.2 Å². The second kappa shape index (κ2) is 7.03. The molecule has 1 amide bonds. The molecule has 0 bridgehead atoms. The van der Waals surface area contributed by atoms with Crippen molar-refractivity contribution >= 4 is 46.4 Å². The summed E-state index contributed by atoms with van der Waals surface area (Å²) in [5.41, 5.74) is 0.693. The van der Waals surface area contributed by atoms with Crippen LogP contribution in [0.5, 0.6) is 5.75 Å². The van der Waals surface area contributed by atoms with Crippen LogP contribution in [-0.4, -0.2) is 12.0 Å². The number of anilines is 1. The maximum atomic E-state index is 12.0. The van der Waals surface area contributed by atoms with Crippen molar-refractivity contribution in [2.75, 3.05) is 5.32 Å². The minimum atomic E-state index is -0.736. The highest BCUT2D eigenvalue weighted by Gasteiger charge is 2.17. The molecule has 0 aliphatic carbocycles. The van der Waals surface area contributed by atoms with E-state index in [4.69, 9.17) is 39.5 Å². The van der Waals surface area contributed by atoms with E-state index in [1.54, 1.807) is 19.1 Å². The lowest BCUT2D eigenvalue weighted by Gasteiger charge is -2.16. The van der Waals surface area contributed by atoms with Gasteiger partial charge in [0.1, 0.15) is 5.75 Å².